The number of ether oxygens (including phenoxy) is 1. The van der Waals surface area contributed by atoms with Crippen molar-refractivity contribution >= 4 is 29.3 Å². The van der Waals surface area contributed by atoms with Gasteiger partial charge in [-0.25, -0.2) is 0 Å². The molecule has 3 rings (SSSR count). The number of hydrogen-bond acceptors (Lipinski definition) is 4. The number of hydrogen-bond donors (Lipinski definition) is 2. The Bertz CT molecular complexity index is 1080. The molecule has 0 spiro atoms. The number of H-pyrrole nitrogens is 1. The second-order valence-electron chi connectivity index (χ2n) is 6.03. The van der Waals surface area contributed by atoms with Crippen LogP contribution in [-0.2, 0) is 4.79 Å². The predicted molar refractivity (Wildman–Crippen MR) is 109 cm³/mol. The number of aryl methyl sites for hydroxylation is 1. The Balaban J connectivity index is 1.90. The Labute approximate surface area is 167 Å². The van der Waals surface area contributed by atoms with Gasteiger partial charge in [0.15, 0.2) is 0 Å². The lowest BCUT2D eigenvalue weighted by Crippen LogP contribution is -2.14. The summed E-state index contributed by atoms with van der Waals surface area (Å²) in [6.45, 7) is 2.00. The number of nitrogens with zero attached hydrogens (tertiary/aromatic N) is 2. The molecule has 0 radical (unpaired) electrons. The number of amides is 1. The highest BCUT2D eigenvalue weighted by Crippen LogP contribution is 2.28. The minimum Gasteiger partial charge on any atom is -0.495 e. The van der Waals surface area contributed by atoms with E-state index in [4.69, 9.17) is 16.3 Å². The molecule has 0 aliphatic rings. The normalized spacial score (nSPS) is 11.0. The lowest BCUT2D eigenvalue weighted by molar-refractivity contribution is -0.112. The van der Waals surface area contributed by atoms with E-state index in [0.29, 0.717) is 22.0 Å². The molecule has 2 N–H and O–H groups in total. The smallest absolute Gasteiger partial charge is 0.266 e. The first-order valence-corrected chi connectivity index (χ1v) is 8.76. The molecule has 3 aromatic rings. The SMILES string of the molecule is COc1ccc(Cl)cc1NC(=O)/C(C#N)=C\c1cn[nH]c1-c1ccc(C)cc1. The zero-order chi connectivity index (χ0) is 20.1. The van der Waals surface area contributed by atoms with Crippen LogP contribution in [0.2, 0.25) is 5.02 Å². The number of carbonyl (C=O) groups excluding carboxylic acids is 1. The zero-order valence-corrected chi connectivity index (χ0v) is 16.0. The zero-order valence-electron chi connectivity index (χ0n) is 15.3. The number of anilines is 1. The molecule has 1 aromatic heterocycles. The summed E-state index contributed by atoms with van der Waals surface area (Å²) in [6.07, 6.45) is 3.06. The Hall–Kier alpha value is -3.56. The highest BCUT2D eigenvalue weighted by Gasteiger charge is 2.15. The summed E-state index contributed by atoms with van der Waals surface area (Å²) >= 11 is 5.99. The monoisotopic (exact) mass is 392 g/mol. The Morgan fingerprint density at radius 3 is 2.71 bits per heavy atom. The van der Waals surface area contributed by atoms with Crippen molar-refractivity contribution in [1.29, 1.82) is 5.26 Å². The molecule has 0 unspecified atom stereocenters. The van der Waals surface area contributed by atoms with Crippen LogP contribution >= 0.6 is 11.6 Å². The molecule has 140 valence electrons. The number of aromatic nitrogens is 2. The lowest BCUT2D eigenvalue weighted by Gasteiger charge is -2.10. The Morgan fingerprint density at radius 2 is 2.04 bits per heavy atom. The van der Waals surface area contributed by atoms with Gasteiger partial charge in [0, 0.05) is 16.1 Å². The van der Waals surface area contributed by atoms with E-state index in [1.165, 1.54) is 13.2 Å². The van der Waals surface area contributed by atoms with Crippen molar-refractivity contribution in [1.82, 2.24) is 10.2 Å². The summed E-state index contributed by atoms with van der Waals surface area (Å²) in [6, 6.07) is 14.6. The maximum absolute atomic E-state index is 12.6. The molecule has 0 aliphatic carbocycles. The number of aromatic amines is 1. The van der Waals surface area contributed by atoms with Crippen LogP contribution in [0.15, 0.2) is 54.2 Å². The van der Waals surface area contributed by atoms with Gasteiger partial charge in [-0.05, 0) is 31.2 Å². The van der Waals surface area contributed by atoms with Crippen molar-refractivity contribution in [2.75, 3.05) is 12.4 Å². The molecule has 0 saturated heterocycles. The van der Waals surface area contributed by atoms with E-state index in [-0.39, 0.29) is 5.57 Å². The van der Waals surface area contributed by atoms with Gasteiger partial charge in [0.05, 0.1) is 24.7 Å². The van der Waals surface area contributed by atoms with Crippen LogP contribution in [0.3, 0.4) is 0 Å². The average Bonchev–Trinajstić information content (AvgIpc) is 3.15. The molecule has 28 heavy (non-hydrogen) atoms. The number of benzene rings is 2. The van der Waals surface area contributed by atoms with Gasteiger partial charge in [-0.2, -0.15) is 10.4 Å². The van der Waals surface area contributed by atoms with E-state index < -0.39 is 5.91 Å². The number of methoxy groups -OCH3 is 1. The van der Waals surface area contributed by atoms with Crippen molar-refractivity contribution in [3.05, 3.63) is 70.4 Å². The summed E-state index contributed by atoms with van der Waals surface area (Å²) in [5.41, 5.74) is 3.70. The van der Waals surface area contributed by atoms with Crippen molar-refractivity contribution < 1.29 is 9.53 Å². The fraction of sp³-hybridized carbons (Fsp3) is 0.0952. The van der Waals surface area contributed by atoms with E-state index in [0.717, 1.165) is 16.8 Å². The standard InChI is InChI=1S/C21H17ClN4O2/c1-13-3-5-14(6-4-13)20-16(12-24-26-20)9-15(11-23)21(27)25-18-10-17(22)7-8-19(18)28-2/h3-10,12H,1-2H3,(H,24,26)(H,25,27)/b15-9-. The van der Waals surface area contributed by atoms with Crippen molar-refractivity contribution in [3.8, 4) is 23.1 Å². The third kappa shape index (κ3) is 4.22. The van der Waals surface area contributed by atoms with Gasteiger partial charge >= 0.3 is 0 Å². The molecule has 1 heterocycles. The molecule has 0 fully saturated rings. The van der Waals surface area contributed by atoms with Crippen LogP contribution in [0.5, 0.6) is 5.75 Å². The minimum absolute atomic E-state index is 0.0724. The number of carbonyl (C=O) groups is 1. The molecule has 0 bridgehead atoms. The van der Waals surface area contributed by atoms with Gasteiger partial charge in [-0.3, -0.25) is 9.89 Å². The molecule has 1 amide bonds. The second-order valence-corrected chi connectivity index (χ2v) is 6.47. The van der Waals surface area contributed by atoms with E-state index in [2.05, 4.69) is 15.5 Å². The Kier molecular flexibility index (Phi) is 5.78. The van der Waals surface area contributed by atoms with E-state index in [1.807, 2.05) is 37.3 Å². The van der Waals surface area contributed by atoms with E-state index in [1.54, 1.807) is 24.4 Å². The predicted octanol–water partition coefficient (Wildman–Crippen LogP) is 4.59. The summed E-state index contributed by atoms with van der Waals surface area (Å²) in [5.74, 6) is -0.127. The average molecular weight is 393 g/mol. The number of nitriles is 1. The van der Waals surface area contributed by atoms with Gasteiger partial charge in [-0.1, -0.05) is 41.4 Å². The molecule has 0 aliphatic heterocycles. The minimum atomic E-state index is -0.570. The molecule has 2 aromatic carbocycles. The highest BCUT2D eigenvalue weighted by atomic mass is 35.5. The van der Waals surface area contributed by atoms with E-state index in [9.17, 15) is 10.1 Å². The Morgan fingerprint density at radius 1 is 1.29 bits per heavy atom. The van der Waals surface area contributed by atoms with Gasteiger partial charge < -0.3 is 10.1 Å². The van der Waals surface area contributed by atoms with Crippen LogP contribution < -0.4 is 10.1 Å². The van der Waals surface area contributed by atoms with Gasteiger partial charge in [-0.15, -0.1) is 0 Å². The molecular weight excluding hydrogens is 376 g/mol. The molecule has 0 atom stereocenters. The summed E-state index contributed by atoms with van der Waals surface area (Å²) < 4.78 is 5.22. The van der Waals surface area contributed by atoms with Crippen molar-refractivity contribution in [2.45, 2.75) is 6.92 Å². The van der Waals surface area contributed by atoms with Crippen LogP contribution in [0, 0.1) is 18.3 Å². The number of nitrogens with one attached hydrogen (secondary N) is 2. The van der Waals surface area contributed by atoms with Crippen molar-refractivity contribution in [2.24, 2.45) is 0 Å². The van der Waals surface area contributed by atoms with Gasteiger partial charge in [0.2, 0.25) is 0 Å². The number of halogens is 1. The fourth-order valence-electron chi connectivity index (χ4n) is 2.63. The van der Waals surface area contributed by atoms with Gasteiger partial charge in [0.25, 0.3) is 5.91 Å². The van der Waals surface area contributed by atoms with E-state index >= 15 is 0 Å². The molecule has 6 nitrogen and oxygen atoms in total. The van der Waals surface area contributed by atoms with Crippen LogP contribution in [0.25, 0.3) is 17.3 Å². The first kappa shape index (κ1) is 19.2. The largest absolute Gasteiger partial charge is 0.495 e. The maximum atomic E-state index is 12.6. The third-order valence-corrected chi connectivity index (χ3v) is 4.32. The second kappa shape index (κ2) is 8.42. The summed E-state index contributed by atoms with van der Waals surface area (Å²) in [7, 11) is 1.49. The fourth-order valence-corrected chi connectivity index (χ4v) is 2.80. The first-order valence-electron chi connectivity index (χ1n) is 8.39. The number of rotatable bonds is 5. The van der Waals surface area contributed by atoms with Crippen LogP contribution in [-0.4, -0.2) is 23.2 Å². The molecule has 0 saturated carbocycles. The highest BCUT2D eigenvalue weighted by molar-refractivity contribution is 6.31. The quantitative estimate of drug-likeness (QED) is 0.490. The summed E-state index contributed by atoms with van der Waals surface area (Å²) in [5, 5.41) is 19.5. The summed E-state index contributed by atoms with van der Waals surface area (Å²) in [4.78, 5) is 12.6. The first-order chi connectivity index (χ1) is 13.5. The maximum Gasteiger partial charge on any atom is 0.266 e. The molecule has 7 heteroatoms. The van der Waals surface area contributed by atoms with Crippen LogP contribution in [0.4, 0.5) is 5.69 Å². The van der Waals surface area contributed by atoms with Gasteiger partial charge in [0.1, 0.15) is 17.4 Å². The van der Waals surface area contributed by atoms with Crippen LogP contribution in [0.1, 0.15) is 11.1 Å². The topological polar surface area (TPSA) is 90.8 Å². The molecular formula is C21H17ClN4O2. The van der Waals surface area contributed by atoms with Crippen molar-refractivity contribution in [3.63, 3.8) is 0 Å². The third-order valence-electron chi connectivity index (χ3n) is 4.08. The lowest BCUT2D eigenvalue weighted by atomic mass is 10.0.